The Labute approximate surface area is 152 Å². The summed E-state index contributed by atoms with van der Waals surface area (Å²) in [7, 11) is -1.62. The maximum atomic E-state index is 11.1. The molecular formula is C18H22N2O5Si. The van der Waals surface area contributed by atoms with Crippen LogP contribution in [-0.4, -0.2) is 46.6 Å². The van der Waals surface area contributed by atoms with Crippen LogP contribution in [0.4, 0.5) is 5.69 Å². The Morgan fingerprint density at radius 1 is 1.42 bits per heavy atom. The third-order valence-electron chi connectivity index (χ3n) is 4.29. The van der Waals surface area contributed by atoms with E-state index in [2.05, 4.69) is 31.1 Å². The second-order valence-corrected chi connectivity index (χ2v) is 12.3. The van der Waals surface area contributed by atoms with E-state index < -0.39 is 31.4 Å². The zero-order valence-corrected chi connectivity index (χ0v) is 16.0. The molecule has 7 nitrogen and oxygen atoms in total. The van der Waals surface area contributed by atoms with Gasteiger partial charge >= 0.3 is 0 Å². The van der Waals surface area contributed by atoms with E-state index >= 15 is 0 Å². The van der Waals surface area contributed by atoms with Crippen LogP contribution in [0.15, 0.2) is 24.4 Å². The number of benzene rings is 1. The largest absolute Gasteiger partial charge is 0.394 e. The number of ether oxygens (including phenoxy) is 1. The molecular weight excluding hydrogens is 352 g/mol. The predicted octanol–water partition coefficient (Wildman–Crippen LogP) is 2.42. The van der Waals surface area contributed by atoms with E-state index in [0.29, 0.717) is 17.4 Å². The van der Waals surface area contributed by atoms with Gasteiger partial charge in [-0.2, -0.15) is 0 Å². The van der Waals surface area contributed by atoms with Gasteiger partial charge in [-0.05, 0) is 6.07 Å². The van der Waals surface area contributed by atoms with E-state index in [1.807, 2.05) is 10.8 Å². The molecule has 1 aromatic heterocycles. The van der Waals surface area contributed by atoms with Crippen LogP contribution in [0.3, 0.4) is 0 Å². The normalized spacial score (nSPS) is 23.0. The van der Waals surface area contributed by atoms with Crippen LogP contribution in [0, 0.1) is 21.6 Å². The minimum Gasteiger partial charge on any atom is -0.394 e. The lowest BCUT2D eigenvalue weighted by Crippen LogP contribution is -2.24. The number of nitrogens with zero attached hydrogens (tertiary/aromatic N) is 2. The summed E-state index contributed by atoms with van der Waals surface area (Å²) in [6, 6.07) is 4.65. The van der Waals surface area contributed by atoms with Crippen LogP contribution in [0.1, 0.15) is 18.2 Å². The Kier molecular flexibility index (Phi) is 4.90. The SMILES string of the molecule is C[Si](C)(C)C#Cc1cn([C@H]2CC(O)[C@@H](CO)O2)c2ccc([N+](=O)[O-])cc12. The molecule has 26 heavy (non-hydrogen) atoms. The van der Waals surface area contributed by atoms with Crippen molar-refractivity contribution in [3.63, 3.8) is 0 Å². The molecule has 1 saturated heterocycles. The Hall–Kier alpha value is -2.18. The zero-order valence-electron chi connectivity index (χ0n) is 15.0. The van der Waals surface area contributed by atoms with Crippen LogP contribution in [0.25, 0.3) is 10.9 Å². The van der Waals surface area contributed by atoms with Crippen LogP contribution in [0.2, 0.25) is 19.6 Å². The van der Waals surface area contributed by atoms with Crippen molar-refractivity contribution in [1.82, 2.24) is 4.57 Å². The number of fused-ring (bicyclic) bond motifs is 1. The standard InChI is InChI=1S/C18H22N2O5Si/c1-26(2,3)7-6-12-10-19(18-9-16(22)17(11-21)25-18)15-5-4-13(20(23)24)8-14(12)15/h4-5,8,10,16-18,21-22H,9,11H2,1-3H3/t16?,17-,18-/m1/s1. The molecule has 0 saturated carbocycles. The van der Waals surface area contributed by atoms with Gasteiger partial charge < -0.3 is 19.5 Å². The average Bonchev–Trinajstić information content (AvgIpc) is 3.11. The molecule has 1 aromatic carbocycles. The second-order valence-electron chi connectivity index (χ2n) is 7.52. The number of aromatic nitrogens is 1. The summed E-state index contributed by atoms with van der Waals surface area (Å²) in [6.45, 7) is 6.13. The molecule has 3 atom stereocenters. The van der Waals surface area contributed by atoms with Crippen molar-refractivity contribution in [3.05, 3.63) is 40.1 Å². The number of nitro benzene ring substituents is 1. The summed E-state index contributed by atoms with van der Waals surface area (Å²) in [4.78, 5) is 10.7. The summed E-state index contributed by atoms with van der Waals surface area (Å²) in [6.07, 6.45) is 0.323. The lowest BCUT2D eigenvalue weighted by atomic mass is 10.1. The van der Waals surface area contributed by atoms with Gasteiger partial charge in [-0.1, -0.05) is 25.6 Å². The van der Waals surface area contributed by atoms with E-state index in [1.165, 1.54) is 12.1 Å². The van der Waals surface area contributed by atoms with Gasteiger partial charge in [0, 0.05) is 35.7 Å². The molecule has 8 heteroatoms. The molecule has 1 fully saturated rings. The van der Waals surface area contributed by atoms with Crippen molar-refractivity contribution in [1.29, 1.82) is 0 Å². The number of aliphatic hydroxyl groups is 2. The molecule has 2 heterocycles. The Morgan fingerprint density at radius 2 is 2.15 bits per heavy atom. The molecule has 1 aliphatic rings. The Balaban J connectivity index is 2.12. The first-order valence-electron chi connectivity index (χ1n) is 8.46. The number of nitro groups is 1. The molecule has 1 unspecified atom stereocenters. The van der Waals surface area contributed by atoms with Gasteiger partial charge in [-0.3, -0.25) is 10.1 Å². The van der Waals surface area contributed by atoms with Crippen molar-refractivity contribution in [2.45, 2.75) is 44.5 Å². The third-order valence-corrected chi connectivity index (χ3v) is 5.17. The van der Waals surface area contributed by atoms with Crippen LogP contribution >= 0.6 is 0 Å². The molecule has 0 aliphatic carbocycles. The van der Waals surface area contributed by atoms with Gasteiger partial charge in [0.25, 0.3) is 5.69 Å². The van der Waals surface area contributed by atoms with Gasteiger partial charge in [0.1, 0.15) is 20.4 Å². The Bertz CT molecular complexity index is 906. The number of non-ortho nitro benzene ring substituents is 1. The molecule has 1 aliphatic heterocycles. The highest BCUT2D eigenvalue weighted by atomic mass is 28.3. The first kappa shape index (κ1) is 18.6. The smallest absolute Gasteiger partial charge is 0.270 e. The highest BCUT2D eigenvalue weighted by Gasteiger charge is 2.35. The van der Waals surface area contributed by atoms with Crippen molar-refractivity contribution in [3.8, 4) is 11.5 Å². The van der Waals surface area contributed by atoms with E-state index in [-0.39, 0.29) is 12.3 Å². The van der Waals surface area contributed by atoms with E-state index in [9.17, 15) is 20.3 Å². The summed E-state index contributed by atoms with van der Waals surface area (Å²) in [5, 5.41) is 31.2. The quantitative estimate of drug-likeness (QED) is 0.372. The van der Waals surface area contributed by atoms with Gasteiger partial charge in [-0.25, -0.2) is 0 Å². The summed E-state index contributed by atoms with van der Waals surface area (Å²) in [5.41, 5.74) is 4.75. The van der Waals surface area contributed by atoms with Crippen molar-refractivity contribution < 1.29 is 19.9 Å². The topological polar surface area (TPSA) is 97.8 Å². The van der Waals surface area contributed by atoms with Gasteiger partial charge in [-0.15, -0.1) is 5.54 Å². The van der Waals surface area contributed by atoms with E-state index in [0.717, 1.165) is 5.52 Å². The zero-order chi connectivity index (χ0) is 19.1. The molecule has 138 valence electrons. The minimum absolute atomic E-state index is 0.00640. The summed E-state index contributed by atoms with van der Waals surface area (Å²) < 4.78 is 7.58. The fourth-order valence-corrected chi connectivity index (χ4v) is 3.51. The van der Waals surface area contributed by atoms with Gasteiger partial charge in [0.2, 0.25) is 0 Å². The number of rotatable bonds is 3. The molecule has 0 bridgehead atoms. The average molecular weight is 374 g/mol. The highest BCUT2D eigenvalue weighted by molar-refractivity contribution is 6.83. The van der Waals surface area contributed by atoms with Crippen LogP contribution in [0.5, 0.6) is 0 Å². The molecule has 0 spiro atoms. The molecule has 0 radical (unpaired) electrons. The maximum Gasteiger partial charge on any atom is 0.270 e. The molecule has 0 amide bonds. The second kappa shape index (κ2) is 6.85. The molecule has 2 N–H and O–H groups in total. The maximum absolute atomic E-state index is 11.1. The Morgan fingerprint density at radius 3 is 2.73 bits per heavy atom. The monoisotopic (exact) mass is 374 g/mol. The highest BCUT2D eigenvalue weighted by Crippen LogP contribution is 2.34. The van der Waals surface area contributed by atoms with Crippen molar-refractivity contribution >= 4 is 24.7 Å². The van der Waals surface area contributed by atoms with Gasteiger partial charge in [0.15, 0.2) is 0 Å². The van der Waals surface area contributed by atoms with E-state index in [1.54, 1.807) is 6.07 Å². The molecule has 3 rings (SSSR count). The minimum atomic E-state index is -1.62. The first-order chi connectivity index (χ1) is 12.2. The molecule has 2 aromatic rings. The fraction of sp³-hybridized carbons (Fsp3) is 0.444. The van der Waals surface area contributed by atoms with Crippen LogP contribution in [-0.2, 0) is 4.74 Å². The number of hydrogen-bond acceptors (Lipinski definition) is 5. The van der Waals surface area contributed by atoms with Crippen molar-refractivity contribution in [2.75, 3.05) is 6.61 Å². The third kappa shape index (κ3) is 3.66. The first-order valence-corrected chi connectivity index (χ1v) is 12.0. The van der Waals surface area contributed by atoms with Gasteiger partial charge in [0.05, 0.1) is 23.2 Å². The number of hydrogen-bond donors (Lipinski definition) is 2. The lowest BCUT2D eigenvalue weighted by Gasteiger charge is -2.14. The summed E-state index contributed by atoms with van der Waals surface area (Å²) >= 11 is 0. The predicted molar refractivity (Wildman–Crippen MR) is 100 cm³/mol. The van der Waals surface area contributed by atoms with E-state index in [4.69, 9.17) is 4.74 Å². The van der Waals surface area contributed by atoms with Crippen LogP contribution < -0.4 is 0 Å². The number of aliphatic hydroxyl groups excluding tert-OH is 2. The summed E-state index contributed by atoms with van der Waals surface area (Å²) in [5.74, 6) is 3.17. The lowest BCUT2D eigenvalue weighted by molar-refractivity contribution is -0.384. The van der Waals surface area contributed by atoms with Crippen molar-refractivity contribution in [2.24, 2.45) is 0 Å². The fourth-order valence-electron chi connectivity index (χ4n) is 3.00.